The largest absolute Gasteiger partial charge is 0.411 e. The number of nitrogens with two attached hydrogens (primary N) is 1. The molecule has 0 fully saturated rings. The van der Waals surface area contributed by atoms with Crippen molar-refractivity contribution in [3.63, 3.8) is 0 Å². The summed E-state index contributed by atoms with van der Waals surface area (Å²) in [6, 6.07) is 18.4. The van der Waals surface area contributed by atoms with Crippen molar-refractivity contribution in [2.75, 3.05) is 5.75 Å². The molecule has 0 saturated heterocycles. The molecule has 2 N–H and O–H groups in total. The van der Waals surface area contributed by atoms with Crippen molar-refractivity contribution >= 4 is 23.6 Å². The van der Waals surface area contributed by atoms with Crippen LogP contribution in [0, 0.1) is 0 Å². The van der Waals surface area contributed by atoms with Crippen LogP contribution >= 0.6 is 11.8 Å². The van der Waals surface area contributed by atoms with Gasteiger partial charge in [0.2, 0.25) is 5.89 Å². The van der Waals surface area contributed by atoms with Crippen LogP contribution in [0.25, 0.3) is 11.5 Å². The zero-order valence-electron chi connectivity index (χ0n) is 13.0. The van der Waals surface area contributed by atoms with Crippen LogP contribution in [-0.2, 0) is 9.63 Å². The molecule has 126 valence electrons. The summed E-state index contributed by atoms with van der Waals surface area (Å²) in [6.45, 7) is 0. The van der Waals surface area contributed by atoms with Gasteiger partial charge >= 0.3 is 5.97 Å². The van der Waals surface area contributed by atoms with Gasteiger partial charge < -0.3 is 15.0 Å². The van der Waals surface area contributed by atoms with Crippen LogP contribution in [0.1, 0.15) is 5.56 Å². The predicted octanol–water partition coefficient (Wildman–Crippen LogP) is 2.69. The lowest BCUT2D eigenvalue weighted by molar-refractivity contribution is -0.140. The van der Waals surface area contributed by atoms with Crippen LogP contribution in [0.2, 0.25) is 0 Å². The number of thioether (sulfide) groups is 1. The monoisotopic (exact) mass is 354 g/mol. The summed E-state index contributed by atoms with van der Waals surface area (Å²) < 4.78 is 5.49. The second-order valence-corrected chi connectivity index (χ2v) is 5.76. The molecule has 0 atom stereocenters. The van der Waals surface area contributed by atoms with E-state index in [0.717, 1.165) is 17.3 Å². The van der Waals surface area contributed by atoms with Gasteiger partial charge in [-0.1, -0.05) is 65.4 Å². The van der Waals surface area contributed by atoms with Gasteiger partial charge in [-0.2, -0.15) is 0 Å². The number of aromatic nitrogens is 2. The van der Waals surface area contributed by atoms with Crippen LogP contribution < -0.4 is 5.73 Å². The summed E-state index contributed by atoms with van der Waals surface area (Å²) in [7, 11) is 0. The summed E-state index contributed by atoms with van der Waals surface area (Å²) in [5, 5.41) is 11.7. The molecule has 0 spiro atoms. The first-order valence-electron chi connectivity index (χ1n) is 7.33. The molecule has 1 aromatic heterocycles. The maximum Gasteiger partial charge on any atom is 0.345 e. The van der Waals surface area contributed by atoms with E-state index in [1.807, 2.05) is 48.5 Å². The minimum absolute atomic E-state index is 0.0258. The van der Waals surface area contributed by atoms with Crippen molar-refractivity contribution < 1.29 is 14.0 Å². The second kappa shape index (κ2) is 8.11. The Bertz CT molecular complexity index is 866. The SMILES string of the molecule is NC(=NOC(=O)CSc1nnc(-c2ccccc2)o1)c1ccccc1. The van der Waals surface area contributed by atoms with E-state index in [9.17, 15) is 4.79 Å². The number of rotatable bonds is 6. The first kappa shape index (κ1) is 16.7. The number of carbonyl (C=O) groups is 1. The number of nitrogens with zero attached hydrogens (tertiary/aromatic N) is 3. The van der Waals surface area contributed by atoms with Gasteiger partial charge in [0.25, 0.3) is 5.22 Å². The number of hydrogen-bond acceptors (Lipinski definition) is 7. The smallest absolute Gasteiger partial charge is 0.345 e. The highest BCUT2D eigenvalue weighted by molar-refractivity contribution is 7.99. The molecule has 3 rings (SSSR count). The standard InChI is InChI=1S/C17H14N4O3S/c18-15(12-7-3-1-4-8-12)21-24-14(22)11-25-17-20-19-16(23-17)13-9-5-2-6-10-13/h1-10H,11H2,(H2,18,21). The molecule has 8 heteroatoms. The van der Waals surface area contributed by atoms with Gasteiger partial charge in [-0.25, -0.2) is 4.79 Å². The Kier molecular flexibility index (Phi) is 5.43. The molecule has 0 aliphatic carbocycles. The third-order valence-corrected chi connectivity index (χ3v) is 3.85. The number of carbonyl (C=O) groups excluding carboxylic acids is 1. The second-order valence-electron chi connectivity index (χ2n) is 4.83. The lowest BCUT2D eigenvalue weighted by Gasteiger charge is -2.00. The predicted molar refractivity (Wildman–Crippen MR) is 93.7 cm³/mol. The van der Waals surface area contributed by atoms with Crippen molar-refractivity contribution in [2.24, 2.45) is 10.9 Å². The molecule has 0 aliphatic rings. The van der Waals surface area contributed by atoms with Crippen molar-refractivity contribution in [1.29, 1.82) is 0 Å². The maximum atomic E-state index is 11.7. The minimum Gasteiger partial charge on any atom is -0.411 e. The summed E-state index contributed by atoms with van der Waals surface area (Å²) in [5.74, 6) is -0.0728. The minimum atomic E-state index is -0.566. The molecule has 2 aromatic carbocycles. The highest BCUT2D eigenvalue weighted by atomic mass is 32.2. The Morgan fingerprint density at radius 2 is 1.76 bits per heavy atom. The summed E-state index contributed by atoms with van der Waals surface area (Å²) >= 11 is 1.07. The molecular weight excluding hydrogens is 340 g/mol. The lowest BCUT2D eigenvalue weighted by Crippen LogP contribution is -2.15. The fraction of sp³-hybridized carbons (Fsp3) is 0.0588. The van der Waals surface area contributed by atoms with E-state index >= 15 is 0 Å². The maximum absolute atomic E-state index is 11.7. The Hall–Kier alpha value is -3.13. The molecule has 0 aliphatic heterocycles. The molecule has 0 saturated carbocycles. The fourth-order valence-corrected chi connectivity index (χ4v) is 2.40. The molecule has 7 nitrogen and oxygen atoms in total. The number of oxime groups is 1. The van der Waals surface area contributed by atoms with E-state index in [-0.39, 0.29) is 16.8 Å². The van der Waals surface area contributed by atoms with E-state index < -0.39 is 5.97 Å². The molecule has 0 unspecified atom stereocenters. The highest BCUT2D eigenvalue weighted by Gasteiger charge is 2.12. The van der Waals surface area contributed by atoms with Gasteiger partial charge in [0, 0.05) is 11.1 Å². The fourth-order valence-electron chi connectivity index (χ4n) is 1.87. The quantitative estimate of drug-likeness (QED) is 0.239. The van der Waals surface area contributed by atoms with Crippen LogP contribution in [-0.4, -0.2) is 27.8 Å². The summed E-state index contributed by atoms with van der Waals surface area (Å²) in [5.41, 5.74) is 7.23. The van der Waals surface area contributed by atoms with Gasteiger partial charge in [0.1, 0.15) is 5.75 Å². The van der Waals surface area contributed by atoms with Gasteiger partial charge in [0.15, 0.2) is 5.84 Å². The van der Waals surface area contributed by atoms with Gasteiger partial charge in [-0.05, 0) is 12.1 Å². The Morgan fingerprint density at radius 1 is 1.08 bits per heavy atom. The van der Waals surface area contributed by atoms with Crippen molar-refractivity contribution in [2.45, 2.75) is 5.22 Å². The van der Waals surface area contributed by atoms with Gasteiger partial charge in [-0.3, -0.25) is 0 Å². The lowest BCUT2D eigenvalue weighted by atomic mass is 10.2. The van der Waals surface area contributed by atoms with Gasteiger partial charge in [-0.15, -0.1) is 10.2 Å². The van der Waals surface area contributed by atoms with Crippen molar-refractivity contribution in [3.05, 3.63) is 66.2 Å². The number of benzene rings is 2. The Labute approximate surface area is 147 Å². The van der Waals surface area contributed by atoms with Crippen molar-refractivity contribution in [1.82, 2.24) is 10.2 Å². The molecule has 0 radical (unpaired) electrons. The Balaban J connectivity index is 1.52. The molecule has 3 aromatic rings. The first-order chi connectivity index (χ1) is 12.2. The van der Waals surface area contributed by atoms with Crippen LogP contribution in [0.3, 0.4) is 0 Å². The summed E-state index contributed by atoms with van der Waals surface area (Å²) in [6.07, 6.45) is 0. The average molecular weight is 354 g/mol. The topological polar surface area (TPSA) is 104 Å². The van der Waals surface area contributed by atoms with Crippen LogP contribution in [0.5, 0.6) is 0 Å². The molecule has 0 bridgehead atoms. The average Bonchev–Trinajstić information content (AvgIpc) is 3.15. The third kappa shape index (κ3) is 4.67. The summed E-state index contributed by atoms with van der Waals surface area (Å²) in [4.78, 5) is 16.5. The molecule has 25 heavy (non-hydrogen) atoms. The highest BCUT2D eigenvalue weighted by Crippen LogP contribution is 2.22. The number of amidine groups is 1. The normalized spacial score (nSPS) is 11.3. The third-order valence-electron chi connectivity index (χ3n) is 3.06. The van der Waals surface area contributed by atoms with Gasteiger partial charge in [0.05, 0.1) is 0 Å². The zero-order valence-corrected chi connectivity index (χ0v) is 13.8. The van der Waals surface area contributed by atoms with E-state index in [1.54, 1.807) is 12.1 Å². The molecule has 1 heterocycles. The van der Waals surface area contributed by atoms with Crippen LogP contribution in [0.15, 0.2) is 75.5 Å². The van der Waals surface area contributed by atoms with E-state index in [4.69, 9.17) is 15.0 Å². The van der Waals surface area contributed by atoms with E-state index in [1.165, 1.54) is 0 Å². The van der Waals surface area contributed by atoms with E-state index in [0.29, 0.717) is 11.5 Å². The molecule has 0 amide bonds. The molecular formula is C17H14N4O3S. The first-order valence-corrected chi connectivity index (χ1v) is 8.31. The van der Waals surface area contributed by atoms with Crippen LogP contribution in [0.4, 0.5) is 0 Å². The van der Waals surface area contributed by atoms with Crippen molar-refractivity contribution in [3.8, 4) is 11.5 Å². The van der Waals surface area contributed by atoms with E-state index in [2.05, 4.69) is 15.4 Å². The number of hydrogen-bond donors (Lipinski definition) is 1. The zero-order chi connectivity index (χ0) is 17.5. The Morgan fingerprint density at radius 3 is 2.48 bits per heavy atom.